The molecule has 10 heteroatoms. The smallest absolute Gasteiger partial charge is 0.407 e. The fourth-order valence-electron chi connectivity index (χ4n) is 1.48. The number of anilines is 1. The van der Waals surface area contributed by atoms with Crippen LogP contribution in [0.2, 0.25) is 0 Å². The van der Waals surface area contributed by atoms with Crippen molar-refractivity contribution >= 4 is 23.2 Å². The van der Waals surface area contributed by atoms with Crippen LogP contribution in [0.3, 0.4) is 0 Å². The highest BCUT2D eigenvalue weighted by Gasteiger charge is 2.18. The maximum Gasteiger partial charge on any atom is 0.407 e. The zero-order valence-corrected chi connectivity index (χ0v) is 11.2. The number of hydrogen-bond donors (Lipinski definition) is 2. The van der Waals surface area contributed by atoms with E-state index in [1.54, 1.807) is 6.92 Å². The molecule has 0 aliphatic heterocycles. The molecule has 1 aromatic carbocycles. The molecule has 1 amide bonds. The number of nitro benzene ring substituents is 2. The summed E-state index contributed by atoms with van der Waals surface area (Å²) in [4.78, 5) is 31.0. The normalized spacial score (nSPS) is 9.76. The standard InChI is InChI=1S/C11H14N4O6/c1-2-21-11(16)13-6-5-12-9-4-3-8(14(17)18)7-10(9)15(19)20/h3-4,7,12H,2,5-6H2,1H3,(H,13,16). The summed E-state index contributed by atoms with van der Waals surface area (Å²) in [6.07, 6.45) is -0.586. The zero-order chi connectivity index (χ0) is 15.8. The number of alkyl carbamates (subject to hydrolysis) is 1. The third-order valence-electron chi connectivity index (χ3n) is 2.37. The lowest BCUT2D eigenvalue weighted by Crippen LogP contribution is -2.29. The van der Waals surface area contributed by atoms with E-state index in [1.165, 1.54) is 6.07 Å². The lowest BCUT2D eigenvalue weighted by molar-refractivity contribution is -0.393. The van der Waals surface area contributed by atoms with Gasteiger partial charge in [0.15, 0.2) is 0 Å². The molecular formula is C11H14N4O6. The molecule has 0 bridgehead atoms. The molecule has 0 saturated heterocycles. The number of nitrogens with one attached hydrogen (secondary N) is 2. The van der Waals surface area contributed by atoms with E-state index in [2.05, 4.69) is 15.4 Å². The molecule has 0 saturated carbocycles. The number of ether oxygens (including phenoxy) is 1. The molecule has 114 valence electrons. The van der Waals surface area contributed by atoms with Gasteiger partial charge in [-0.3, -0.25) is 20.2 Å². The first-order valence-electron chi connectivity index (χ1n) is 6.03. The van der Waals surface area contributed by atoms with Crippen LogP contribution in [0, 0.1) is 20.2 Å². The van der Waals surface area contributed by atoms with E-state index >= 15 is 0 Å². The van der Waals surface area contributed by atoms with Crippen LogP contribution in [0.15, 0.2) is 18.2 Å². The van der Waals surface area contributed by atoms with Gasteiger partial charge in [-0.1, -0.05) is 0 Å². The van der Waals surface area contributed by atoms with E-state index in [0.29, 0.717) is 0 Å². The summed E-state index contributed by atoms with van der Waals surface area (Å²) in [5, 5.41) is 26.6. The number of carbonyl (C=O) groups is 1. The molecule has 2 N–H and O–H groups in total. The maximum absolute atomic E-state index is 11.0. The number of rotatable bonds is 7. The summed E-state index contributed by atoms with van der Waals surface area (Å²) in [5.74, 6) is 0. The molecule has 10 nitrogen and oxygen atoms in total. The van der Waals surface area contributed by atoms with E-state index in [9.17, 15) is 25.0 Å². The van der Waals surface area contributed by atoms with Gasteiger partial charge in [-0.2, -0.15) is 0 Å². The predicted octanol–water partition coefficient (Wildman–Crippen LogP) is 1.66. The number of non-ortho nitro benzene ring substituents is 1. The molecule has 0 aliphatic carbocycles. The molecular weight excluding hydrogens is 284 g/mol. The Morgan fingerprint density at radius 3 is 2.52 bits per heavy atom. The van der Waals surface area contributed by atoms with Crippen LogP contribution >= 0.6 is 0 Å². The first-order chi connectivity index (χ1) is 9.95. The van der Waals surface area contributed by atoms with Crippen molar-refractivity contribution < 1.29 is 19.4 Å². The van der Waals surface area contributed by atoms with Crippen LogP contribution in [0.25, 0.3) is 0 Å². The molecule has 0 heterocycles. The third kappa shape index (κ3) is 4.93. The maximum atomic E-state index is 11.0. The summed E-state index contributed by atoms with van der Waals surface area (Å²) in [6.45, 7) is 2.30. The summed E-state index contributed by atoms with van der Waals surface area (Å²) in [5.41, 5.74) is -0.631. The van der Waals surface area contributed by atoms with E-state index in [4.69, 9.17) is 0 Å². The number of nitro groups is 2. The molecule has 0 unspecified atom stereocenters. The Labute approximate surface area is 119 Å². The first kappa shape index (κ1) is 16.1. The minimum atomic E-state index is -0.714. The van der Waals surface area contributed by atoms with Gasteiger partial charge in [0.05, 0.1) is 22.5 Å². The third-order valence-corrected chi connectivity index (χ3v) is 2.37. The zero-order valence-electron chi connectivity index (χ0n) is 11.2. The van der Waals surface area contributed by atoms with Crippen LogP contribution < -0.4 is 10.6 Å². The Bertz CT molecular complexity index is 548. The van der Waals surface area contributed by atoms with Gasteiger partial charge < -0.3 is 15.4 Å². The number of hydrogen-bond acceptors (Lipinski definition) is 7. The Hall–Kier alpha value is -2.91. The molecule has 21 heavy (non-hydrogen) atoms. The lowest BCUT2D eigenvalue weighted by Gasteiger charge is -2.08. The van der Waals surface area contributed by atoms with E-state index in [1.807, 2.05) is 0 Å². The molecule has 1 aromatic rings. The van der Waals surface area contributed by atoms with Crippen LogP contribution in [-0.4, -0.2) is 35.6 Å². The highest BCUT2D eigenvalue weighted by molar-refractivity contribution is 5.67. The average molecular weight is 298 g/mol. The van der Waals surface area contributed by atoms with Crippen LogP contribution in [-0.2, 0) is 4.74 Å². The summed E-state index contributed by atoms with van der Waals surface area (Å²) >= 11 is 0. The van der Waals surface area contributed by atoms with Crippen molar-refractivity contribution in [2.24, 2.45) is 0 Å². The number of amides is 1. The predicted molar refractivity (Wildman–Crippen MR) is 73.3 cm³/mol. The Balaban J connectivity index is 2.64. The van der Waals surface area contributed by atoms with Crippen LogP contribution in [0.1, 0.15) is 6.92 Å². The summed E-state index contributed by atoms with van der Waals surface area (Å²) < 4.78 is 4.64. The molecule has 0 radical (unpaired) electrons. The van der Waals surface area contributed by atoms with E-state index in [-0.39, 0.29) is 31.1 Å². The fraction of sp³-hybridized carbons (Fsp3) is 0.364. The van der Waals surface area contributed by atoms with Gasteiger partial charge in [-0.05, 0) is 13.0 Å². The molecule has 1 rings (SSSR count). The van der Waals surface area contributed by atoms with Gasteiger partial charge in [0.25, 0.3) is 11.4 Å². The van der Waals surface area contributed by atoms with Crippen molar-refractivity contribution in [1.82, 2.24) is 5.32 Å². The number of nitrogens with zero attached hydrogens (tertiary/aromatic N) is 2. The van der Waals surface area contributed by atoms with Crippen LogP contribution in [0.4, 0.5) is 21.9 Å². The summed E-state index contributed by atoms with van der Waals surface area (Å²) in [7, 11) is 0. The summed E-state index contributed by atoms with van der Waals surface area (Å²) in [6, 6.07) is 3.29. The van der Waals surface area contributed by atoms with Gasteiger partial charge in [0.1, 0.15) is 5.69 Å². The molecule has 0 aromatic heterocycles. The average Bonchev–Trinajstić information content (AvgIpc) is 2.43. The molecule has 0 aliphatic rings. The van der Waals surface area contributed by atoms with E-state index < -0.39 is 21.6 Å². The quantitative estimate of drug-likeness (QED) is 0.443. The highest BCUT2D eigenvalue weighted by Crippen LogP contribution is 2.28. The van der Waals surface area contributed by atoms with Crippen molar-refractivity contribution in [3.8, 4) is 0 Å². The van der Waals surface area contributed by atoms with Gasteiger partial charge in [0.2, 0.25) is 0 Å². The van der Waals surface area contributed by atoms with Crippen molar-refractivity contribution in [2.45, 2.75) is 6.92 Å². The van der Waals surface area contributed by atoms with Gasteiger partial charge in [0, 0.05) is 19.2 Å². The Kier molecular flexibility index (Phi) is 5.86. The van der Waals surface area contributed by atoms with Crippen molar-refractivity contribution in [1.29, 1.82) is 0 Å². The van der Waals surface area contributed by atoms with E-state index in [0.717, 1.165) is 12.1 Å². The monoisotopic (exact) mass is 298 g/mol. The van der Waals surface area contributed by atoms with Gasteiger partial charge in [-0.15, -0.1) is 0 Å². The molecule has 0 spiro atoms. The van der Waals surface area contributed by atoms with Crippen molar-refractivity contribution in [2.75, 3.05) is 25.0 Å². The fourth-order valence-corrected chi connectivity index (χ4v) is 1.48. The minimum Gasteiger partial charge on any atom is -0.450 e. The largest absolute Gasteiger partial charge is 0.450 e. The van der Waals surface area contributed by atoms with Crippen molar-refractivity contribution in [3.63, 3.8) is 0 Å². The number of benzene rings is 1. The first-order valence-corrected chi connectivity index (χ1v) is 6.03. The Morgan fingerprint density at radius 2 is 1.95 bits per heavy atom. The van der Waals surface area contributed by atoms with Gasteiger partial charge >= 0.3 is 6.09 Å². The second-order valence-corrected chi connectivity index (χ2v) is 3.79. The molecule has 0 fully saturated rings. The second kappa shape index (κ2) is 7.62. The Morgan fingerprint density at radius 1 is 1.24 bits per heavy atom. The van der Waals surface area contributed by atoms with Crippen LogP contribution in [0.5, 0.6) is 0 Å². The van der Waals surface area contributed by atoms with Crippen molar-refractivity contribution in [3.05, 3.63) is 38.4 Å². The van der Waals surface area contributed by atoms with Gasteiger partial charge in [-0.25, -0.2) is 4.79 Å². The SMILES string of the molecule is CCOC(=O)NCCNc1ccc([N+](=O)[O-])cc1[N+](=O)[O-]. The number of carbonyl (C=O) groups excluding carboxylic acids is 1. The topological polar surface area (TPSA) is 137 Å². The minimum absolute atomic E-state index is 0.135. The highest BCUT2D eigenvalue weighted by atomic mass is 16.6. The molecule has 0 atom stereocenters. The second-order valence-electron chi connectivity index (χ2n) is 3.79. The lowest BCUT2D eigenvalue weighted by atomic mass is 10.2.